The van der Waals surface area contributed by atoms with Crippen LogP contribution in [0.25, 0.3) is 0 Å². The van der Waals surface area contributed by atoms with Gasteiger partial charge in [0, 0.05) is 16.1 Å². The molecule has 2 aromatic rings. The van der Waals surface area contributed by atoms with Crippen LogP contribution in [0.5, 0.6) is 17.2 Å². The first-order chi connectivity index (χ1) is 13.6. The van der Waals surface area contributed by atoms with E-state index in [0.29, 0.717) is 40.0 Å². The first-order valence-corrected chi connectivity index (χ1v) is 8.96. The van der Waals surface area contributed by atoms with Crippen LogP contribution in [0.2, 0.25) is 5.02 Å². The third-order valence-corrected chi connectivity index (χ3v) is 3.78. The van der Waals surface area contributed by atoms with Crippen molar-refractivity contribution >= 4 is 23.7 Å². The molecule has 0 aliphatic heterocycles. The summed E-state index contributed by atoms with van der Waals surface area (Å²) in [5, 5.41) is 4.48. The number of halogens is 1. The lowest BCUT2D eigenvalue weighted by Crippen LogP contribution is -2.17. The molecule has 0 saturated carbocycles. The second-order valence-electron chi connectivity index (χ2n) is 5.59. The number of ether oxygens (including phenoxy) is 3. The predicted octanol–water partition coefficient (Wildman–Crippen LogP) is 3.91. The standard InChI is InChI=1S/C21H21ClN2O4/c1-4-10-27-18-9-7-17(22)12-16(18)14-23-24-21(25)15-6-8-19(28-11-5-2)20(13-15)26-3/h1,6-9,12-14H,5,10-11H2,2-3H3,(H,24,25)/b23-14+. The third-order valence-electron chi connectivity index (χ3n) is 3.54. The van der Waals surface area contributed by atoms with E-state index in [4.69, 9.17) is 32.2 Å². The maximum atomic E-state index is 12.3. The number of nitrogens with one attached hydrogen (secondary N) is 1. The number of benzene rings is 2. The number of carbonyl (C=O) groups excluding carboxylic acids is 1. The number of methoxy groups -OCH3 is 1. The molecule has 0 aliphatic carbocycles. The number of hydrazone groups is 1. The van der Waals surface area contributed by atoms with Gasteiger partial charge in [-0.1, -0.05) is 24.4 Å². The van der Waals surface area contributed by atoms with Crippen LogP contribution in [0.15, 0.2) is 41.5 Å². The summed E-state index contributed by atoms with van der Waals surface area (Å²) < 4.78 is 16.3. The van der Waals surface area contributed by atoms with Gasteiger partial charge in [0.05, 0.1) is 19.9 Å². The lowest BCUT2D eigenvalue weighted by molar-refractivity contribution is 0.0954. The van der Waals surface area contributed by atoms with Crippen molar-refractivity contribution in [3.63, 3.8) is 0 Å². The van der Waals surface area contributed by atoms with Gasteiger partial charge in [-0.15, -0.1) is 6.42 Å². The second kappa shape index (κ2) is 10.9. The van der Waals surface area contributed by atoms with Crippen LogP contribution < -0.4 is 19.6 Å². The van der Waals surface area contributed by atoms with E-state index in [0.717, 1.165) is 6.42 Å². The summed E-state index contributed by atoms with van der Waals surface area (Å²) >= 11 is 6.00. The molecule has 0 atom stereocenters. The van der Waals surface area contributed by atoms with Gasteiger partial charge in [-0.2, -0.15) is 5.10 Å². The lowest BCUT2D eigenvalue weighted by atomic mass is 10.2. The van der Waals surface area contributed by atoms with Crippen LogP contribution in [0.4, 0.5) is 0 Å². The minimum absolute atomic E-state index is 0.112. The number of hydrogen-bond acceptors (Lipinski definition) is 5. The fourth-order valence-corrected chi connectivity index (χ4v) is 2.42. The minimum Gasteiger partial charge on any atom is -0.493 e. The van der Waals surface area contributed by atoms with Gasteiger partial charge in [-0.05, 0) is 42.8 Å². The summed E-state index contributed by atoms with van der Waals surface area (Å²) in [4.78, 5) is 12.3. The Balaban J connectivity index is 2.09. The minimum atomic E-state index is -0.398. The van der Waals surface area contributed by atoms with Crippen molar-refractivity contribution in [1.82, 2.24) is 5.43 Å². The summed E-state index contributed by atoms with van der Waals surface area (Å²) in [5.41, 5.74) is 3.43. The van der Waals surface area contributed by atoms with Gasteiger partial charge in [0.15, 0.2) is 11.5 Å². The molecule has 0 aromatic heterocycles. The van der Waals surface area contributed by atoms with E-state index in [1.165, 1.54) is 13.3 Å². The SMILES string of the molecule is C#CCOc1ccc(Cl)cc1/C=N/NC(=O)c1ccc(OCCC)c(OC)c1. The highest BCUT2D eigenvalue weighted by Crippen LogP contribution is 2.28. The molecule has 0 saturated heterocycles. The zero-order valence-electron chi connectivity index (χ0n) is 15.7. The fraction of sp³-hybridized carbons (Fsp3) is 0.238. The molecule has 0 unspecified atom stereocenters. The van der Waals surface area contributed by atoms with Crippen molar-refractivity contribution in [1.29, 1.82) is 0 Å². The van der Waals surface area contributed by atoms with Crippen molar-refractivity contribution in [2.45, 2.75) is 13.3 Å². The number of rotatable bonds is 9. The van der Waals surface area contributed by atoms with Crippen molar-refractivity contribution in [2.75, 3.05) is 20.3 Å². The van der Waals surface area contributed by atoms with Gasteiger partial charge in [-0.25, -0.2) is 5.43 Å². The Kier molecular flexibility index (Phi) is 8.19. The molecule has 2 aromatic carbocycles. The smallest absolute Gasteiger partial charge is 0.271 e. The average molecular weight is 401 g/mol. The molecule has 7 heteroatoms. The molecule has 1 N–H and O–H groups in total. The van der Waals surface area contributed by atoms with Gasteiger partial charge < -0.3 is 14.2 Å². The Hall–Kier alpha value is -3.17. The number of terminal acetylenes is 1. The van der Waals surface area contributed by atoms with Gasteiger partial charge in [0.1, 0.15) is 12.4 Å². The highest BCUT2D eigenvalue weighted by Gasteiger charge is 2.11. The highest BCUT2D eigenvalue weighted by molar-refractivity contribution is 6.30. The second-order valence-corrected chi connectivity index (χ2v) is 6.02. The molecule has 0 aliphatic rings. The summed E-state index contributed by atoms with van der Waals surface area (Å²) in [6, 6.07) is 9.94. The van der Waals surface area contributed by atoms with Gasteiger partial charge in [0.25, 0.3) is 5.91 Å². The molecule has 2 rings (SSSR count). The van der Waals surface area contributed by atoms with Gasteiger partial charge in [-0.3, -0.25) is 4.79 Å². The quantitative estimate of drug-likeness (QED) is 0.393. The first kappa shape index (κ1) is 21.1. The van der Waals surface area contributed by atoms with Crippen molar-refractivity contribution in [3.8, 4) is 29.6 Å². The van der Waals surface area contributed by atoms with Crippen LogP contribution in [-0.2, 0) is 0 Å². The molecule has 0 fully saturated rings. The average Bonchev–Trinajstić information content (AvgIpc) is 2.71. The van der Waals surface area contributed by atoms with E-state index in [1.54, 1.807) is 36.4 Å². The van der Waals surface area contributed by atoms with Crippen LogP contribution in [0.3, 0.4) is 0 Å². The van der Waals surface area contributed by atoms with Crippen molar-refractivity contribution in [3.05, 3.63) is 52.5 Å². The van der Waals surface area contributed by atoms with Crippen LogP contribution in [0, 0.1) is 12.3 Å². The molecule has 0 spiro atoms. The maximum Gasteiger partial charge on any atom is 0.271 e. The number of carbonyl (C=O) groups is 1. The van der Waals surface area contributed by atoms with E-state index >= 15 is 0 Å². The molecule has 0 radical (unpaired) electrons. The van der Waals surface area contributed by atoms with Crippen LogP contribution >= 0.6 is 11.6 Å². The summed E-state index contributed by atoms with van der Waals surface area (Å²) in [5.74, 6) is 3.56. The first-order valence-electron chi connectivity index (χ1n) is 8.59. The topological polar surface area (TPSA) is 69.2 Å². The van der Waals surface area contributed by atoms with Crippen molar-refractivity contribution in [2.24, 2.45) is 5.10 Å². The third kappa shape index (κ3) is 5.93. The molecular weight excluding hydrogens is 380 g/mol. The van der Waals surface area contributed by atoms with Crippen LogP contribution in [-0.4, -0.2) is 32.4 Å². The largest absolute Gasteiger partial charge is 0.493 e. The Bertz CT molecular complexity index is 890. The summed E-state index contributed by atoms with van der Waals surface area (Å²) in [6.07, 6.45) is 7.52. The Morgan fingerprint density at radius 1 is 1.21 bits per heavy atom. The van der Waals surface area contributed by atoms with Gasteiger partial charge >= 0.3 is 0 Å². The number of nitrogens with zero attached hydrogens (tertiary/aromatic N) is 1. The molecular formula is C21H21ClN2O4. The molecule has 28 heavy (non-hydrogen) atoms. The molecule has 146 valence electrons. The number of amides is 1. The monoisotopic (exact) mass is 400 g/mol. The van der Waals surface area contributed by atoms with E-state index in [2.05, 4.69) is 16.4 Å². The van der Waals surface area contributed by atoms with E-state index in [-0.39, 0.29) is 6.61 Å². The molecule has 0 bridgehead atoms. The molecule has 1 amide bonds. The highest BCUT2D eigenvalue weighted by atomic mass is 35.5. The summed E-state index contributed by atoms with van der Waals surface area (Å²) in [6.45, 7) is 2.69. The van der Waals surface area contributed by atoms with E-state index < -0.39 is 5.91 Å². The van der Waals surface area contributed by atoms with E-state index in [9.17, 15) is 4.79 Å². The Morgan fingerprint density at radius 3 is 2.71 bits per heavy atom. The molecule has 6 nitrogen and oxygen atoms in total. The van der Waals surface area contributed by atoms with E-state index in [1.807, 2.05) is 6.92 Å². The summed E-state index contributed by atoms with van der Waals surface area (Å²) in [7, 11) is 1.52. The number of hydrogen-bond donors (Lipinski definition) is 1. The Morgan fingerprint density at radius 2 is 2.00 bits per heavy atom. The van der Waals surface area contributed by atoms with Crippen molar-refractivity contribution < 1.29 is 19.0 Å². The maximum absolute atomic E-state index is 12.3. The zero-order valence-corrected chi connectivity index (χ0v) is 16.5. The molecule has 0 heterocycles. The van der Waals surface area contributed by atoms with Gasteiger partial charge in [0.2, 0.25) is 0 Å². The zero-order chi connectivity index (χ0) is 20.4. The fourth-order valence-electron chi connectivity index (χ4n) is 2.24. The normalized spacial score (nSPS) is 10.4. The van der Waals surface area contributed by atoms with Crippen LogP contribution in [0.1, 0.15) is 29.3 Å². The predicted molar refractivity (Wildman–Crippen MR) is 110 cm³/mol. The Labute approximate surface area is 169 Å². The lowest BCUT2D eigenvalue weighted by Gasteiger charge is -2.11.